The van der Waals surface area contributed by atoms with Gasteiger partial charge >= 0.3 is 0 Å². The van der Waals surface area contributed by atoms with Crippen molar-refractivity contribution in [2.75, 3.05) is 26.8 Å². The zero-order valence-electron chi connectivity index (χ0n) is 10.6. The van der Waals surface area contributed by atoms with Crippen LogP contribution < -0.4 is 5.73 Å². The second-order valence-electron chi connectivity index (χ2n) is 3.98. The lowest BCUT2D eigenvalue weighted by atomic mass is 9.99. The maximum atomic E-state index is 12.0. The Balaban J connectivity index is 4.40. The fourth-order valence-electron chi connectivity index (χ4n) is 1.36. The standard InChI is InChI=1S/C12H24N2O2/c1-5-7-14(8-9-16-4)12(15)11(13)10(3)6-2/h5,10-11H,1,6-9,13H2,2-4H3/t10?,11-/m0/s1. The molecule has 0 fully saturated rings. The Morgan fingerprint density at radius 3 is 2.69 bits per heavy atom. The Bertz CT molecular complexity index is 219. The average Bonchev–Trinajstić information content (AvgIpc) is 2.31. The van der Waals surface area contributed by atoms with Gasteiger partial charge in [-0.05, 0) is 5.92 Å². The van der Waals surface area contributed by atoms with Crippen LogP contribution in [0.4, 0.5) is 0 Å². The lowest BCUT2D eigenvalue weighted by Gasteiger charge is -2.26. The van der Waals surface area contributed by atoms with E-state index in [0.717, 1.165) is 6.42 Å². The molecular weight excluding hydrogens is 204 g/mol. The Morgan fingerprint density at radius 1 is 1.62 bits per heavy atom. The topological polar surface area (TPSA) is 55.6 Å². The monoisotopic (exact) mass is 228 g/mol. The van der Waals surface area contributed by atoms with Gasteiger partial charge in [0.1, 0.15) is 0 Å². The highest BCUT2D eigenvalue weighted by Gasteiger charge is 2.23. The van der Waals surface area contributed by atoms with Crippen LogP contribution in [0, 0.1) is 5.92 Å². The van der Waals surface area contributed by atoms with Crippen LogP contribution in [0.3, 0.4) is 0 Å². The van der Waals surface area contributed by atoms with Crippen molar-refractivity contribution < 1.29 is 9.53 Å². The summed E-state index contributed by atoms with van der Waals surface area (Å²) in [4.78, 5) is 13.7. The molecule has 2 atom stereocenters. The Hall–Kier alpha value is -0.870. The molecule has 0 aromatic heterocycles. The van der Waals surface area contributed by atoms with Gasteiger partial charge in [-0.2, -0.15) is 0 Å². The maximum Gasteiger partial charge on any atom is 0.240 e. The predicted octanol–water partition coefficient (Wildman–Crippen LogP) is 1.02. The summed E-state index contributed by atoms with van der Waals surface area (Å²) in [5.41, 5.74) is 5.91. The third-order valence-corrected chi connectivity index (χ3v) is 2.77. The van der Waals surface area contributed by atoms with Crippen molar-refractivity contribution in [2.45, 2.75) is 26.3 Å². The third-order valence-electron chi connectivity index (χ3n) is 2.77. The Kier molecular flexibility index (Phi) is 7.85. The molecule has 0 bridgehead atoms. The number of methoxy groups -OCH3 is 1. The molecular formula is C12H24N2O2. The van der Waals surface area contributed by atoms with Gasteiger partial charge in [0.25, 0.3) is 0 Å². The van der Waals surface area contributed by atoms with Crippen molar-refractivity contribution in [1.82, 2.24) is 4.90 Å². The van der Waals surface area contributed by atoms with Crippen molar-refractivity contribution in [3.05, 3.63) is 12.7 Å². The predicted molar refractivity (Wildman–Crippen MR) is 66.1 cm³/mol. The first-order valence-corrected chi connectivity index (χ1v) is 5.72. The normalized spacial score (nSPS) is 14.2. The number of hydrogen-bond donors (Lipinski definition) is 1. The van der Waals surface area contributed by atoms with E-state index in [9.17, 15) is 4.79 Å². The van der Waals surface area contributed by atoms with Gasteiger partial charge in [0.2, 0.25) is 5.91 Å². The van der Waals surface area contributed by atoms with Gasteiger partial charge < -0.3 is 15.4 Å². The molecule has 0 radical (unpaired) electrons. The Labute approximate surface area is 98.4 Å². The largest absolute Gasteiger partial charge is 0.383 e. The highest BCUT2D eigenvalue weighted by molar-refractivity contribution is 5.82. The van der Waals surface area contributed by atoms with Crippen LogP contribution >= 0.6 is 0 Å². The van der Waals surface area contributed by atoms with Crippen molar-refractivity contribution in [3.8, 4) is 0 Å². The minimum atomic E-state index is -0.429. The van der Waals surface area contributed by atoms with Gasteiger partial charge in [0.05, 0.1) is 12.6 Å². The number of carbonyl (C=O) groups excluding carboxylic acids is 1. The summed E-state index contributed by atoms with van der Waals surface area (Å²) in [6.45, 7) is 9.27. The van der Waals surface area contributed by atoms with Crippen molar-refractivity contribution in [3.63, 3.8) is 0 Å². The number of ether oxygens (including phenoxy) is 1. The molecule has 4 heteroatoms. The number of carbonyl (C=O) groups is 1. The lowest BCUT2D eigenvalue weighted by Crippen LogP contribution is -2.48. The highest BCUT2D eigenvalue weighted by Crippen LogP contribution is 2.08. The summed E-state index contributed by atoms with van der Waals surface area (Å²) in [6, 6.07) is -0.429. The first kappa shape index (κ1) is 15.1. The van der Waals surface area contributed by atoms with Crippen molar-refractivity contribution in [2.24, 2.45) is 11.7 Å². The molecule has 0 aliphatic rings. The van der Waals surface area contributed by atoms with Gasteiger partial charge in [-0.3, -0.25) is 4.79 Å². The fourth-order valence-corrected chi connectivity index (χ4v) is 1.36. The SMILES string of the molecule is C=CCN(CCOC)C(=O)[C@@H](N)C(C)CC. The molecule has 2 N–H and O–H groups in total. The second kappa shape index (κ2) is 8.30. The van der Waals surface area contributed by atoms with Crippen molar-refractivity contribution >= 4 is 5.91 Å². The van der Waals surface area contributed by atoms with E-state index >= 15 is 0 Å². The van der Waals surface area contributed by atoms with Gasteiger partial charge in [-0.1, -0.05) is 26.3 Å². The van der Waals surface area contributed by atoms with E-state index in [2.05, 4.69) is 6.58 Å². The third kappa shape index (κ3) is 4.77. The van der Waals surface area contributed by atoms with Crippen molar-refractivity contribution in [1.29, 1.82) is 0 Å². The average molecular weight is 228 g/mol. The van der Waals surface area contributed by atoms with E-state index in [4.69, 9.17) is 10.5 Å². The van der Waals surface area contributed by atoms with Crippen LogP contribution in [-0.4, -0.2) is 43.7 Å². The summed E-state index contributed by atoms with van der Waals surface area (Å²) in [5, 5.41) is 0. The molecule has 16 heavy (non-hydrogen) atoms. The summed E-state index contributed by atoms with van der Waals surface area (Å²) in [5.74, 6) is 0.175. The molecule has 0 aromatic rings. The molecule has 0 spiro atoms. The van der Waals surface area contributed by atoms with Crippen LogP contribution in [0.15, 0.2) is 12.7 Å². The minimum absolute atomic E-state index is 0.0219. The number of hydrogen-bond acceptors (Lipinski definition) is 3. The molecule has 0 aliphatic carbocycles. The first-order chi connectivity index (χ1) is 7.58. The molecule has 0 saturated carbocycles. The summed E-state index contributed by atoms with van der Waals surface area (Å²) < 4.78 is 4.97. The first-order valence-electron chi connectivity index (χ1n) is 5.72. The van der Waals surface area contributed by atoms with E-state index in [1.807, 2.05) is 13.8 Å². The molecule has 4 nitrogen and oxygen atoms in total. The van der Waals surface area contributed by atoms with Gasteiger partial charge in [-0.15, -0.1) is 6.58 Å². The molecule has 0 aromatic carbocycles. The zero-order chi connectivity index (χ0) is 12.6. The van der Waals surface area contributed by atoms with E-state index in [-0.39, 0.29) is 11.8 Å². The van der Waals surface area contributed by atoms with E-state index in [1.165, 1.54) is 0 Å². The number of amides is 1. The van der Waals surface area contributed by atoms with Crippen LogP contribution in [0.25, 0.3) is 0 Å². The lowest BCUT2D eigenvalue weighted by molar-refractivity contribution is -0.133. The highest BCUT2D eigenvalue weighted by atomic mass is 16.5. The van der Waals surface area contributed by atoms with E-state index < -0.39 is 6.04 Å². The fraction of sp³-hybridized carbons (Fsp3) is 0.750. The van der Waals surface area contributed by atoms with Gasteiger partial charge in [0.15, 0.2) is 0 Å². The van der Waals surface area contributed by atoms with E-state index in [0.29, 0.717) is 19.7 Å². The molecule has 0 aliphatic heterocycles. The number of rotatable bonds is 8. The minimum Gasteiger partial charge on any atom is -0.383 e. The second-order valence-corrected chi connectivity index (χ2v) is 3.98. The van der Waals surface area contributed by atoms with Crippen LogP contribution in [-0.2, 0) is 9.53 Å². The summed E-state index contributed by atoms with van der Waals surface area (Å²) in [6.07, 6.45) is 2.61. The maximum absolute atomic E-state index is 12.0. The van der Waals surface area contributed by atoms with Crippen LogP contribution in [0.2, 0.25) is 0 Å². The quantitative estimate of drug-likeness (QED) is 0.631. The molecule has 0 heterocycles. The molecule has 0 rings (SSSR count). The van der Waals surface area contributed by atoms with Gasteiger partial charge in [0, 0.05) is 20.2 Å². The number of nitrogens with zero attached hydrogens (tertiary/aromatic N) is 1. The molecule has 1 unspecified atom stereocenters. The zero-order valence-corrected chi connectivity index (χ0v) is 10.6. The molecule has 1 amide bonds. The molecule has 0 saturated heterocycles. The van der Waals surface area contributed by atoms with Gasteiger partial charge in [-0.25, -0.2) is 0 Å². The number of nitrogens with two attached hydrogens (primary N) is 1. The van der Waals surface area contributed by atoms with Crippen LogP contribution in [0.1, 0.15) is 20.3 Å². The summed E-state index contributed by atoms with van der Waals surface area (Å²) in [7, 11) is 1.62. The van der Waals surface area contributed by atoms with E-state index in [1.54, 1.807) is 18.1 Å². The summed E-state index contributed by atoms with van der Waals surface area (Å²) >= 11 is 0. The molecule has 94 valence electrons. The smallest absolute Gasteiger partial charge is 0.240 e. The van der Waals surface area contributed by atoms with Crippen LogP contribution in [0.5, 0.6) is 0 Å². The Morgan fingerprint density at radius 2 is 2.25 bits per heavy atom.